The van der Waals surface area contributed by atoms with Crippen LogP contribution in [0.4, 0.5) is 22.7 Å². The van der Waals surface area contributed by atoms with Crippen LogP contribution in [0, 0.1) is 0 Å². The van der Waals surface area contributed by atoms with E-state index in [1.807, 2.05) is 0 Å². The second-order valence-corrected chi connectivity index (χ2v) is 9.00. The van der Waals surface area contributed by atoms with Gasteiger partial charge in [0.2, 0.25) is 0 Å². The van der Waals surface area contributed by atoms with Crippen LogP contribution in [0.15, 0.2) is 60.9 Å². The van der Waals surface area contributed by atoms with E-state index in [-0.39, 0.29) is 5.97 Å². The summed E-state index contributed by atoms with van der Waals surface area (Å²) in [5.74, 6) is -0.359. The van der Waals surface area contributed by atoms with Crippen molar-refractivity contribution >= 4 is 28.7 Å². The summed E-state index contributed by atoms with van der Waals surface area (Å²) in [4.78, 5) is 19.7. The van der Waals surface area contributed by atoms with Crippen molar-refractivity contribution in [3.63, 3.8) is 0 Å². The zero-order chi connectivity index (χ0) is 25.3. The number of hydrogen-bond acceptors (Lipinski definition) is 7. The first-order valence-electron chi connectivity index (χ1n) is 12.6. The predicted molar refractivity (Wildman–Crippen MR) is 146 cm³/mol. The van der Waals surface area contributed by atoms with Crippen LogP contribution < -0.4 is 15.1 Å². The van der Waals surface area contributed by atoms with Gasteiger partial charge in [0.25, 0.3) is 0 Å². The van der Waals surface area contributed by atoms with Crippen LogP contribution in [0.5, 0.6) is 0 Å². The molecular weight excluding hydrogens is 452 g/mol. The Hall–Kier alpha value is -3.58. The summed E-state index contributed by atoms with van der Waals surface area (Å²) in [6, 6.07) is 17.5. The largest absolute Gasteiger partial charge is 0.465 e. The minimum absolute atomic E-state index is 0.359. The number of rotatable bonds is 5. The molecule has 0 spiro atoms. The van der Waals surface area contributed by atoms with Gasteiger partial charge < -0.3 is 24.6 Å². The van der Waals surface area contributed by atoms with Crippen molar-refractivity contribution in [1.82, 2.24) is 4.98 Å². The van der Waals surface area contributed by atoms with Crippen molar-refractivity contribution in [2.75, 3.05) is 62.6 Å². The Bertz CT molecular complexity index is 1140. The standard InChI is InChI=1S/C21H26N2O.C8H10N2O2/c1-22(21-7-6-17-4-2-3-5-18(17)16-21)19-8-10-20(11-9-19)23-12-14-24-15-13-23;1-9-7-5-10-4-3-6(7)8(11)12-2/h6-11,16H,2-5,12-15H2,1H3;3-5,9H,1-2H3. The molecule has 5 rings (SSSR count). The van der Waals surface area contributed by atoms with E-state index in [1.165, 1.54) is 55.4 Å². The Morgan fingerprint density at radius 1 is 1.00 bits per heavy atom. The molecule has 7 nitrogen and oxygen atoms in total. The first kappa shape index (κ1) is 25.5. The smallest absolute Gasteiger partial charge is 0.340 e. The summed E-state index contributed by atoms with van der Waals surface area (Å²) in [6.07, 6.45) is 8.26. The molecule has 2 aliphatic rings. The molecule has 1 N–H and O–H groups in total. The predicted octanol–water partition coefficient (Wildman–Crippen LogP) is 5.08. The van der Waals surface area contributed by atoms with Crippen LogP contribution in [0.1, 0.15) is 34.3 Å². The topological polar surface area (TPSA) is 66.9 Å². The van der Waals surface area contributed by atoms with E-state index in [1.54, 1.807) is 31.1 Å². The van der Waals surface area contributed by atoms with Gasteiger partial charge in [-0.05, 0) is 79.3 Å². The molecule has 0 saturated carbocycles. The van der Waals surface area contributed by atoms with Gasteiger partial charge in [-0.2, -0.15) is 0 Å². The summed E-state index contributed by atoms with van der Waals surface area (Å²) in [6.45, 7) is 3.63. The Morgan fingerprint density at radius 3 is 2.39 bits per heavy atom. The number of benzene rings is 2. The molecule has 1 aliphatic heterocycles. The zero-order valence-electron chi connectivity index (χ0n) is 21.5. The number of esters is 1. The molecule has 1 fully saturated rings. The Morgan fingerprint density at radius 2 is 1.69 bits per heavy atom. The number of aromatic nitrogens is 1. The highest BCUT2D eigenvalue weighted by atomic mass is 16.5. The quantitative estimate of drug-likeness (QED) is 0.503. The maximum absolute atomic E-state index is 11.1. The van der Waals surface area contributed by atoms with Crippen molar-refractivity contribution < 1.29 is 14.3 Å². The van der Waals surface area contributed by atoms with Crippen LogP contribution in [-0.2, 0) is 22.3 Å². The molecule has 0 atom stereocenters. The van der Waals surface area contributed by atoms with Crippen molar-refractivity contribution in [1.29, 1.82) is 0 Å². The van der Waals surface area contributed by atoms with Gasteiger partial charge in [0.1, 0.15) is 0 Å². The van der Waals surface area contributed by atoms with Crippen molar-refractivity contribution in [3.8, 4) is 0 Å². The number of carbonyl (C=O) groups is 1. The molecule has 1 saturated heterocycles. The van der Waals surface area contributed by atoms with Crippen LogP contribution in [-0.4, -0.2) is 58.5 Å². The zero-order valence-corrected chi connectivity index (χ0v) is 21.5. The molecule has 0 unspecified atom stereocenters. The number of morpholine rings is 1. The monoisotopic (exact) mass is 488 g/mol. The molecule has 2 heterocycles. The first-order chi connectivity index (χ1) is 17.6. The molecule has 0 bridgehead atoms. The van der Waals surface area contributed by atoms with Crippen LogP contribution in [0.25, 0.3) is 0 Å². The molecule has 0 amide bonds. The minimum atomic E-state index is -0.359. The molecule has 1 aromatic heterocycles. The fraction of sp³-hybridized carbons (Fsp3) is 0.379. The molecule has 3 aromatic rings. The van der Waals surface area contributed by atoms with Gasteiger partial charge in [0, 0.05) is 50.4 Å². The van der Waals surface area contributed by atoms with Gasteiger partial charge in [-0.1, -0.05) is 6.07 Å². The SMILES string of the molecule is CN(c1ccc(N2CCOCC2)cc1)c1ccc2c(c1)CCCC2.CNc1cnccc1C(=O)OC. The lowest BCUT2D eigenvalue weighted by molar-refractivity contribution is 0.0601. The second kappa shape index (κ2) is 12.4. The minimum Gasteiger partial charge on any atom is -0.465 e. The lowest BCUT2D eigenvalue weighted by atomic mass is 9.91. The van der Waals surface area contributed by atoms with Crippen LogP contribution in [0.3, 0.4) is 0 Å². The Kier molecular flexibility index (Phi) is 8.79. The van der Waals surface area contributed by atoms with Crippen LogP contribution >= 0.6 is 0 Å². The number of nitrogens with zero attached hydrogens (tertiary/aromatic N) is 3. The number of fused-ring (bicyclic) bond motifs is 1. The summed E-state index contributed by atoms with van der Waals surface area (Å²) in [7, 11) is 5.24. The fourth-order valence-electron chi connectivity index (χ4n) is 4.67. The van der Waals surface area contributed by atoms with E-state index in [0.29, 0.717) is 11.3 Å². The molecule has 1 aliphatic carbocycles. The fourth-order valence-corrected chi connectivity index (χ4v) is 4.67. The molecule has 2 aromatic carbocycles. The highest BCUT2D eigenvalue weighted by Crippen LogP contribution is 2.30. The summed E-state index contributed by atoms with van der Waals surface area (Å²) >= 11 is 0. The van der Waals surface area contributed by atoms with Gasteiger partial charge in [-0.3, -0.25) is 4.98 Å². The first-order valence-corrected chi connectivity index (χ1v) is 12.6. The van der Waals surface area contributed by atoms with E-state index >= 15 is 0 Å². The third-order valence-corrected chi connectivity index (χ3v) is 6.83. The molecule has 7 heteroatoms. The lowest BCUT2D eigenvalue weighted by Crippen LogP contribution is -2.36. The van der Waals surface area contributed by atoms with E-state index in [2.05, 4.69) is 74.3 Å². The third-order valence-electron chi connectivity index (χ3n) is 6.83. The maximum atomic E-state index is 11.1. The second-order valence-electron chi connectivity index (χ2n) is 9.00. The van der Waals surface area contributed by atoms with E-state index in [9.17, 15) is 4.79 Å². The number of nitrogens with one attached hydrogen (secondary N) is 1. The Balaban J connectivity index is 0.000000214. The van der Waals surface area contributed by atoms with Crippen molar-refractivity contribution in [3.05, 3.63) is 77.6 Å². The van der Waals surface area contributed by atoms with E-state index < -0.39 is 0 Å². The van der Waals surface area contributed by atoms with Gasteiger partial charge in [0.05, 0.1) is 37.8 Å². The van der Waals surface area contributed by atoms with Gasteiger partial charge >= 0.3 is 5.97 Å². The van der Waals surface area contributed by atoms with E-state index in [0.717, 1.165) is 26.3 Å². The molecule has 36 heavy (non-hydrogen) atoms. The van der Waals surface area contributed by atoms with Gasteiger partial charge in [0.15, 0.2) is 0 Å². The lowest BCUT2D eigenvalue weighted by Gasteiger charge is -2.29. The number of ether oxygens (including phenoxy) is 2. The normalized spacial score (nSPS) is 14.7. The average Bonchev–Trinajstić information content (AvgIpc) is 2.97. The highest BCUT2D eigenvalue weighted by molar-refractivity contribution is 5.95. The number of pyridine rings is 1. The maximum Gasteiger partial charge on any atom is 0.340 e. The average molecular weight is 489 g/mol. The van der Waals surface area contributed by atoms with Crippen molar-refractivity contribution in [2.45, 2.75) is 25.7 Å². The summed E-state index contributed by atoms with van der Waals surface area (Å²) in [5, 5.41) is 2.85. The molecule has 190 valence electrons. The van der Waals surface area contributed by atoms with Gasteiger partial charge in [-0.15, -0.1) is 0 Å². The molecule has 0 radical (unpaired) electrons. The van der Waals surface area contributed by atoms with Crippen molar-refractivity contribution in [2.24, 2.45) is 0 Å². The number of aryl methyl sites for hydroxylation is 2. The number of anilines is 4. The number of carbonyl (C=O) groups excluding carboxylic acids is 1. The third kappa shape index (κ3) is 6.15. The van der Waals surface area contributed by atoms with Gasteiger partial charge in [-0.25, -0.2) is 4.79 Å². The number of methoxy groups -OCH3 is 1. The van der Waals surface area contributed by atoms with Crippen LogP contribution in [0.2, 0.25) is 0 Å². The highest BCUT2D eigenvalue weighted by Gasteiger charge is 2.14. The van der Waals surface area contributed by atoms with E-state index in [4.69, 9.17) is 4.74 Å². The summed E-state index contributed by atoms with van der Waals surface area (Å²) < 4.78 is 10.0. The molecular formula is C29H36N4O3. The summed E-state index contributed by atoms with van der Waals surface area (Å²) in [5.41, 5.74) is 8.06. The Labute approximate surface area is 214 Å². The number of hydrogen-bond donors (Lipinski definition) is 1.